The van der Waals surface area contributed by atoms with Crippen LogP contribution >= 0.6 is 11.3 Å². The van der Waals surface area contributed by atoms with E-state index in [0.717, 1.165) is 23.8 Å². The van der Waals surface area contributed by atoms with Gasteiger partial charge in [0.1, 0.15) is 11.6 Å². The van der Waals surface area contributed by atoms with Gasteiger partial charge in [-0.25, -0.2) is 13.8 Å². The van der Waals surface area contributed by atoms with E-state index in [9.17, 15) is 13.6 Å². The highest BCUT2D eigenvalue weighted by Gasteiger charge is 2.12. The number of carbonyl (C=O) groups excluding carboxylic acids is 1. The number of amides is 1. The summed E-state index contributed by atoms with van der Waals surface area (Å²) in [4.78, 5) is 16.1. The van der Waals surface area contributed by atoms with E-state index in [4.69, 9.17) is 0 Å². The minimum Gasteiger partial charge on any atom is -0.302 e. The van der Waals surface area contributed by atoms with Crippen molar-refractivity contribution in [1.29, 1.82) is 0 Å². The fourth-order valence-corrected chi connectivity index (χ4v) is 2.82. The Morgan fingerprint density at radius 3 is 2.70 bits per heavy atom. The first-order valence-electron chi connectivity index (χ1n) is 6.86. The summed E-state index contributed by atoms with van der Waals surface area (Å²) in [6.07, 6.45) is 0.226. The van der Waals surface area contributed by atoms with Crippen LogP contribution in [0.1, 0.15) is 5.56 Å². The number of nitrogens with zero attached hydrogens (tertiary/aromatic N) is 1. The van der Waals surface area contributed by atoms with Gasteiger partial charge in [-0.15, -0.1) is 11.3 Å². The van der Waals surface area contributed by atoms with E-state index < -0.39 is 11.6 Å². The van der Waals surface area contributed by atoms with E-state index >= 15 is 0 Å². The second kappa shape index (κ2) is 6.66. The van der Waals surface area contributed by atoms with Crippen molar-refractivity contribution in [2.45, 2.75) is 6.42 Å². The molecule has 116 valence electrons. The average molecular weight is 330 g/mol. The molecular weight excluding hydrogens is 318 g/mol. The summed E-state index contributed by atoms with van der Waals surface area (Å²) >= 11 is 1.17. The molecule has 2 aromatic carbocycles. The molecule has 0 unspecified atom stereocenters. The van der Waals surface area contributed by atoms with Gasteiger partial charge in [-0.1, -0.05) is 30.3 Å². The maximum Gasteiger partial charge on any atom is 0.230 e. The molecule has 3 nitrogen and oxygen atoms in total. The van der Waals surface area contributed by atoms with Crippen molar-refractivity contribution in [3.05, 3.63) is 71.1 Å². The number of halogens is 2. The van der Waals surface area contributed by atoms with Gasteiger partial charge in [0.05, 0.1) is 12.1 Å². The molecule has 3 aromatic rings. The average Bonchev–Trinajstić information content (AvgIpc) is 2.98. The molecule has 0 aliphatic carbocycles. The summed E-state index contributed by atoms with van der Waals surface area (Å²) in [6.45, 7) is 0. The number of hydrogen-bond donors (Lipinski definition) is 1. The highest BCUT2D eigenvalue weighted by atomic mass is 32.1. The molecule has 0 saturated carbocycles. The van der Waals surface area contributed by atoms with Gasteiger partial charge < -0.3 is 5.32 Å². The van der Waals surface area contributed by atoms with Crippen LogP contribution in [0.4, 0.5) is 13.9 Å². The molecule has 0 saturated heterocycles. The summed E-state index contributed by atoms with van der Waals surface area (Å²) in [5.41, 5.74) is 1.25. The lowest BCUT2D eigenvalue weighted by atomic mass is 10.1. The molecule has 0 radical (unpaired) electrons. The van der Waals surface area contributed by atoms with Crippen molar-refractivity contribution in [3.8, 4) is 11.3 Å². The molecule has 3 rings (SSSR count). The van der Waals surface area contributed by atoms with Crippen LogP contribution < -0.4 is 5.32 Å². The molecule has 6 heteroatoms. The number of hydrogen-bond acceptors (Lipinski definition) is 3. The number of carbonyl (C=O) groups is 1. The SMILES string of the molecule is O=C(Cc1ccccc1)Nc1nc(-c2cc(F)ccc2F)cs1. The van der Waals surface area contributed by atoms with Crippen molar-refractivity contribution in [3.63, 3.8) is 0 Å². The Bertz CT molecular complexity index is 834. The van der Waals surface area contributed by atoms with Crippen molar-refractivity contribution in [2.24, 2.45) is 0 Å². The molecular formula is C17H12F2N2OS. The van der Waals surface area contributed by atoms with Gasteiger partial charge in [0.2, 0.25) is 5.91 Å². The normalized spacial score (nSPS) is 10.5. The largest absolute Gasteiger partial charge is 0.302 e. The van der Waals surface area contributed by atoms with Crippen LogP contribution in [0.25, 0.3) is 11.3 Å². The number of nitrogens with one attached hydrogen (secondary N) is 1. The van der Waals surface area contributed by atoms with Gasteiger partial charge in [0, 0.05) is 10.9 Å². The van der Waals surface area contributed by atoms with Crippen molar-refractivity contribution in [1.82, 2.24) is 4.98 Å². The third-order valence-corrected chi connectivity index (χ3v) is 3.92. The summed E-state index contributed by atoms with van der Waals surface area (Å²) < 4.78 is 27.0. The second-order valence-electron chi connectivity index (χ2n) is 4.87. The molecule has 0 fully saturated rings. The number of benzene rings is 2. The summed E-state index contributed by atoms with van der Waals surface area (Å²) in [5, 5.41) is 4.60. The number of rotatable bonds is 4. The Hall–Kier alpha value is -2.60. The summed E-state index contributed by atoms with van der Waals surface area (Å²) in [6, 6.07) is 12.5. The minimum absolute atomic E-state index is 0.0739. The van der Waals surface area contributed by atoms with Crippen LogP contribution in [0.3, 0.4) is 0 Å². The zero-order valence-electron chi connectivity index (χ0n) is 11.9. The Labute approximate surface area is 135 Å². The standard InChI is InChI=1S/C17H12F2N2OS/c18-12-6-7-14(19)13(9-12)15-10-23-17(20-15)21-16(22)8-11-4-2-1-3-5-11/h1-7,9-10H,8H2,(H,20,21,22). The summed E-state index contributed by atoms with van der Waals surface area (Å²) in [5.74, 6) is -1.31. The van der Waals surface area contributed by atoms with Crippen LogP contribution in [0.15, 0.2) is 53.9 Å². The van der Waals surface area contributed by atoms with E-state index in [-0.39, 0.29) is 17.9 Å². The van der Waals surface area contributed by atoms with Gasteiger partial charge >= 0.3 is 0 Å². The predicted molar refractivity (Wildman–Crippen MR) is 86.2 cm³/mol. The van der Waals surface area contributed by atoms with Crippen LogP contribution in [0.2, 0.25) is 0 Å². The van der Waals surface area contributed by atoms with Crippen molar-refractivity contribution < 1.29 is 13.6 Å². The maximum absolute atomic E-state index is 13.7. The Morgan fingerprint density at radius 1 is 1.13 bits per heavy atom. The molecule has 0 bridgehead atoms. The van der Waals surface area contributed by atoms with E-state index in [0.29, 0.717) is 10.8 Å². The fraction of sp³-hybridized carbons (Fsp3) is 0.0588. The lowest BCUT2D eigenvalue weighted by molar-refractivity contribution is -0.115. The minimum atomic E-state index is -0.557. The van der Waals surface area contributed by atoms with Crippen LogP contribution in [-0.4, -0.2) is 10.9 Å². The monoisotopic (exact) mass is 330 g/mol. The topological polar surface area (TPSA) is 42.0 Å². The fourth-order valence-electron chi connectivity index (χ4n) is 2.09. The molecule has 1 heterocycles. The van der Waals surface area contributed by atoms with E-state index in [1.165, 1.54) is 11.3 Å². The number of aromatic nitrogens is 1. The third-order valence-electron chi connectivity index (χ3n) is 3.16. The zero-order valence-corrected chi connectivity index (χ0v) is 12.7. The number of thiazole rings is 1. The van der Waals surface area contributed by atoms with Crippen molar-refractivity contribution >= 4 is 22.4 Å². The third kappa shape index (κ3) is 3.78. The van der Waals surface area contributed by atoms with E-state index in [1.54, 1.807) is 5.38 Å². The molecule has 1 N–H and O–H groups in total. The summed E-state index contributed by atoms with van der Waals surface area (Å²) in [7, 11) is 0. The van der Waals surface area contributed by atoms with Crippen LogP contribution in [0, 0.1) is 11.6 Å². The molecule has 0 aliphatic rings. The Kier molecular flexibility index (Phi) is 4.43. The first-order chi connectivity index (χ1) is 11.1. The quantitative estimate of drug-likeness (QED) is 0.776. The van der Waals surface area contributed by atoms with Gasteiger partial charge in [0.25, 0.3) is 0 Å². The molecule has 0 atom stereocenters. The van der Waals surface area contributed by atoms with Gasteiger partial charge in [-0.05, 0) is 23.8 Å². The highest BCUT2D eigenvalue weighted by Crippen LogP contribution is 2.27. The van der Waals surface area contributed by atoms with E-state index in [1.807, 2.05) is 30.3 Å². The molecule has 0 aliphatic heterocycles. The van der Waals surface area contributed by atoms with E-state index in [2.05, 4.69) is 10.3 Å². The van der Waals surface area contributed by atoms with Gasteiger partial charge in [-0.2, -0.15) is 0 Å². The van der Waals surface area contributed by atoms with Crippen molar-refractivity contribution in [2.75, 3.05) is 5.32 Å². The first-order valence-corrected chi connectivity index (χ1v) is 7.74. The maximum atomic E-state index is 13.7. The highest BCUT2D eigenvalue weighted by molar-refractivity contribution is 7.14. The lowest BCUT2D eigenvalue weighted by Crippen LogP contribution is -2.14. The smallest absolute Gasteiger partial charge is 0.230 e. The molecule has 23 heavy (non-hydrogen) atoms. The molecule has 1 amide bonds. The molecule has 0 spiro atoms. The predicted octanol–water partition coefficient (Wildman–Crippen LogP) is 4.27. The zero-order chi connectivity index (χ0) is 16.2. The lowest BCUT2D eigenvalue weighted by Gasteiger charge is -2.02. The first kappa shape index (κ1) is 15.3. The second-order valence-corrected chi connectivity index (χ2v) is 5.73. The molecule has 1 aromatic heterocycles. The van der Waals surface area contributed by atoms with Crippen LogP contribution in [0.5, 0.6) is 0 Å². The van der Waals surface area contributed by atoms with Gasteiger partial charge in [-0.3, -0.25) is 4.79 Å². The Balaban J connectivity index is 1.72. The van der Waals surface area contributed by atoms with Gasteiger partial charge in [0.15, 0.2) is 5.13 Å². The van der Waals surface area contributed by atoms with Crippen LogP contribution in [-0.2, 0) is 11.2 Å². The number of anilines is 1. The Morgan fingerprint density at radius 2 is 1.91 bits per heavy atom.